The molecule has 3 rings (SSSR count). The lowest BCUT2D eigenvalue weighted by Crippen LogP contribution is -2.08. The number of aryl methyl sites for hydroxylation is 1. The molecule has 124 valence electrons. The van der Waals surface area contributed by atoms with Crippen LogP contribution in [0.2, 0.25) is 0 Å². The van der Waals surface area contributed by atoms with Gasteiger partial charge in [-0.15, -0.1) is 0 Å². The van der Waals surface area contributed by atoms with E-state index in [9.17, 15) is 4.79 Å². The molecule has 0 amide bonds. The number of imidazole rings is 1. The van der Waals surface area contributed by atoms with Crippen LogP contribution >= 0.6 is 0 Å². The fourth-order valence-electron chi connectivity index (χ4n) is 2.49. The molecule has 6 heteroatoms. The number of carbonyl (C=O) groups excluding carboxylic acids is 1. The first-order valence-electron chi connectivity index (χ1n) is 7.44. The molecule has 3 aromatic rings. The zero-order valence-corrected chi connectivity index (χ0v) is 13.8. The lowest BCUT2D eigenvalue weighted by atomic mass is 10.2. The number of fused-ring (bicyclic) bond motifs is 1. The van der Waals surface area contributed by atoms with Crippen molar-refractivity contribution in [1.29, 1.82) is 0 Å². The average molecular weight is 326 g/mol. The number of esters is 1. The van der Waals surface area contributed by atoms with Gasteiger partial charge in [0.05, 0.1) is 19.9 Å². The average Bonchev–Trinajstić information content (AvgIpc) is 3.00. The molecule has 6 nitrogen and oxygen atoms in total. The number of benzene rings is 1. The highest BCUT2D eigenvalue weighted by molar-refractivity contribution is 5.93. The minimum atomic E-state index is -0.487. The van der Waals surface area contributed by atoms with Crippen molar-refractivity contribution in [2.24, 2.45) is 0 Å². The zero-order valence-electron chi connectivity index (χ0n) is 13.8. The van der Waals surface area contributed by atoms with Gasteiger partial charge < -0.3 is 18.6 Å². The third kappa shape index (κ3) is 3.03. The van der Waals surface area contributed by atoms with E-state index in [-0.39, 0.29) is 6.61 Å². The highest BCUT2D eigenvalue weighted by Gasteiger charge is 2.18. The van der Waals surface area contributed by atoms with E-state index in [0.29, 0.717) is 22.8 Å². The standard InChI is InChI=1S/C18H18N2O4/c1-12-7-8-16-19-13(10-20(16)9-12)11-24-18(21)14-5-4-6-15(22-2)17(14)23-3/h4-10H,11H2,1-3H3. The second-order valence-electron chi connectivity index (χ2n) is 5.32. The molecule has 0 atom stereocenters. The van der Waals surface area contributed by atoms with E-state index >= 15 is 0 Å². The molecule has 0 bridgehead atoms. The van der Waals surface area contributed by atoms with E-state index in [1.54, 1.807) is 18.2 Å². The number of hydrogen-bond donors (Lipinski definition) is 0. The van der Waals surface area contributed by atoms with Crippen molar-refractivity contribution in [3.63, 3.8) is 0 Å². The number of para-hydroxylation sites is 1. The summed E-state index contributed by atoms with van der Waals surface area (Å²) in [5.41, 5.74) is 2.93. The summed E-state index contributed by atoms with van der Waals surface area (Å²) < 4.78 is 17.7. The summed E-state index contributed by atoms with van der Waals surface area (Å²) in [6.07, 6.45) is 3.82. The van der Waals surface area contributed by atoms with Gasteiger partial charge in [-0.2, -0.15) is 0 Å². The second-order valence-corrected chi connectivity index (χ2v) is 5.32. The minimum absolute atomic E-state index is 0.0833. The van der Waals surface area contributed by atoms with Crippen molar-refractivity contribution in [2.75, 3.05) is 14.2 Å². The SMILES string of the molecule is COc1cccc(C(=O)OCc2cn3cc(C)ccc3n2)c1OC. The van der Waals surface area contributed by atoms with Crippen LogP contribution in [-0.4, -0.2) is 29.6 Å². The summed E-state index contributed by atoms with van der Waals surface area (Å²) in [5.74, 6) is 0.352. The maximum Gasteiger partial charge on any atom is 0.342 e. The number of rotatable bonds is 5. The van der Waals surface area contributed by atoms with Gasteiger partial charge >= 0.3 is 5.97 Å². The van der Waals surface area contributed by atoms with Gasteiger partial charge in [-0.25, -0.2) is 9.78 Å². The Hall–Kier alpha value is -3.02. The number of carbonyl (C=O) groups is 1. The molecule has 0 fully saturated rings. The Labute approximate surface area is 139 Å². The Morgan fingerprint density at radius 1 is 1.12 bits per heavy atom. The van der Waals surface area contributed by atoms with Crippen molar-refractivity contribution >= 4 is 11.6 Å². The highest BCUT2D eigenvalue weighted by Crippen LogP contribution is 2.31. The first-order chi connectivity index (χ1) is 11.6. The molecule has 24 heavy (non-hydrogen) atoms. The fourth-order valence-corrected chi connectivity index (χ4v) is 2.49. The van der Waals surface area contributed by atoms with E-state index in [2.05, 4.69) is 4.98 Å². The maximum atomic E-state index is 12.3. The predicted octanol–water partition coefficient (Wildman–Crippen LogP) is 3.02. The van der Waals surface area contributed by atoms with Crippen LogP contribution in [0.3, 0.4) is 0 Å². The van der Waals surface area contributed by atoms with E-state index in [1.807, 2.05) is 35.9 Å². The van der Waals surface area contributed by atoms with Crippen LogP contribution in [-0.2, 0) is 11.3 Å². The third-order valence-electron chi connectivity index (χ3n) is 3.62. The van der Waals surface area contributed by atoms with E-state index in [0.717, 1.165) is 11.2 Å². The first-order valence-corrected chi connectivity index (χ1v) is 7.44. The molecule has 0 aliphatic heterocycles. The molecule has 0 aliphatic carbocycles. The molecule has 0 saturated carbocycles. The summed E-state index contributed by atoms with van der Waals surface area (Å²) in [4.78, 5) is 16.8. The topological polar surface area (TPSA) is 62.1 Å². The van der Waals surface area contributed by atoms with Crippen LogP contribution in [0, 0.1) is 6.92 Å². The van der Waals surface area contributed by atoms with E-state index in [1.165, 1.54) is 14.2 Å². The van der Waals surface area contributed by atoms with Crippen LogP contribution in [0.15, 0.2) is 42.7 Å². The van der Waals surface area contributed by atoms with Gasteiger partial charge in [0.15, 0.2) is 11.5 Å². The molecule has 0 N–H and O–H groups in total. The minimum Gasteiger partial charge on any atom is -0.493 e. The number of methoxy groups -OCH3 is 2. The molecule has 2 aromatic heterocycles. The van der Waals surface area contributed by atoms with E-state index < -0.39 is 5.97 Å². The molecule has 1 aromatic carbocycles. The number of ether oxygens (including phenoxy) is 3. The Morgan fingerprint density at radius 2 is 1.96 bits per heavy atom. The Morgan fingerprint density at radius 3 is 2.71 bits per heavy atom. The lowest BCUT2D eigenvalue weighted by Gasteiger charge is -2.11. The Bertz CT molecular complexity index is 886. The van der Waals surface area contributed by atoms with Gasteiger partial charge in [0.2, 0.25) is 0 Å². The summed E-state index contributed by atoms with van der Waals surface area (Å²) in [6, 6.07) is 8.98. The van der Waals surface area contributed by atoms with Gasteiger partial charge in [0.1, 0.15) is 17.8 Å². The van der Waals surface area contributed by atoms with Crippen LogP contribution in [0.25, 0.3) is 5.65 Å². The van der Waals surface area contributed by atoms with Crippen molar-refractivity contribution in [1.82, 2.24) is 9.38 Å². The van der Waals surface area contributed by atoms with Crippen molar-refractivity contribution < 1.29 is 19.0 Å². The number of pyridine rings is 1. The van der Waals surface area contributed by atoms with Crippen LogP contribution in [0.4, 0.5) is 0 Å². The Balaban J connectivity index is 1.77. The van der Waals surface area contributed by atoms with Gasteiger partial charge in [-0.3, -0.25) is 0 Å². The fraction of sp³-hybridized carbons (Fsp3) is 0.222. The summed E-state index contributed by atoms with van der Waals surface area (Å²) in [7, 11) is 3.00. The van der Waals surface area contributed by atoms with Gasteiger partial charge in [-0.05, 0) is 30.7 Å². The summed E-state index contributed by atoms with van der Waals surface area (Å²) in [6.45, 7) is 2.09. The first kappa shape index (κ1) is 15.9. The van der Waals surface area contributed by atoms with Crippen LogP contribution in [0.5, 0.6) is 11.5 Å². The number of hydrogen-bond acceptors (Lipinski definition) is 5. The smallest absolute Gasteiger partial charge is 0.342 e. The molecule has 0 aliphatic rings. The molecule has 0 radical (unpaired) electrons. The van der Waals surface area contributed by atoms with Crippen molar-refractivity contribution in [3.05, 3.63) is 59.5 Å². The number of aromatic nitrogens is 2. The summed E-state index contributed by atoms with van der Waals surface area (Å²) >= 11 is 0. The molecule has 2 heterocycles. The molecule has 0 unspecified atom stereocenters. The molecule has 0 saturated heterocycles. The van der Waals surface area contributed by atoms with Crippen LogP contribution in [0.1, 0.15) is 21.6 Å². The largest absolute Gasteiger partial charge is 0.493 e. The van der Waals surface area contributed by atoms with Crippen molar-refractivity contribution in [2.45, 2.75) is 13.5 Å². The van der Waals surface area contributed by atoms with Gasteiger partial charge in [-0.1, -0.05) is 12.1 Å². The monoisotopic (exact) mass is 326 g/mol. The van der Waals surface area contributed by atoms with Gasteiger partial charge in [0.25, 0.3) is 0 Å². The predicted molar refractivity (Wildman–Crippen MR) is 88.6 cm³/mol. The normalized spacial score (nSPS) is 10.6. The van der Waals surface area contributed by atoms with E-state index in [4.69, 9.17) is 14.2 Å². The third-order valence-corrected chi connectivity index (χ3v) is 3.62. The second kappa shape index (κ2) is 6.62. The highest BCUT2D eigenvalue weighted by atomic mass is 16.5. The quantitative estimate of drug-likeness (QED) is 0.675. The number of nitrogens with zero attached hydrogens (tertiary/aromatic N) is 2. The summed E-state index contributed by atoms with van der Waals surface area (Å²) in [5, 5.41) is 0. The van der Waals surface area contributed by atoms with Crippen molar-refractivity contribution in [3.8, 4) is 11.5 Å². The molecular formula is C18H18N2O4. The van der Waals surface area contributed by atoms with Crippen LogP contribution < -0.4 is 9.47 Å². The molecular weight excluding hydrogens is 308 g/mol. The zero-order chi connectivity index (χ0) is 17.1. The molecule has 0 spiro atoms. The Kier molecular flexibility index (Phi) is 4.37. The van der Waals surface area contributed by atoms with Gasteiger partial charge in [0, 0.05) is 12.4 Å². The lowest BCUT2D eigenvalue weighted by molar-refractivity contribution is 0.0464. The maximum absolute atomic E-state index is 12.3.